The second kappa shape index (κ2) is 11.2. The Kier molecular flexibility index (Phi) is 8.99. The molecule has 1 N–H and O–H groups in total. The quantitative estimate of drug-likeness (QED) is 0.451. The molecule has 0 bridgehead atoms. The van der Waals surface area contributed by atoms with Crippen molar-refractivity contribution in [2.24, 2.45) is 0 Å². The summed E-state index contributed by atoms with van der Waals surface area (Å²) in [5, 5.41) is 3.50. The molecule has 2 aromatic carbocycles. The lowest BCUT2D eigenvalue weighted by atomic mass is 10.1. The molecule has 0 spiro atoms. The molecule has 0 aromatic heterocycles. The predicted octanol–water partition coefficient (Wildman–Crippen LogP) is 6.02. The van der Waals surface area contributed by atoms with Gasteiger partial charge in [0, 0.05) is 6.54 Å². The molecular formula is C22H30BrNO2. The number of aryl methyl sites for hydroxylation is 1. The van der Waals surface area contributed by atoms with Crippen LogP contribution in [-0.2, 0) is 13.2 Å². The number of halogens is 1. The Morgan fingerprint density at radius 2 is 1.85 bits per heavy atom. The standard InChI is InChI=1S/C22H30BrNO2/c1-4-6-7-11-24-15-19-13-20(23)22(21(14-19)25-5-2)26-16-18-10-8-9-17(3)12-18/h8-10,12-14,24H,4-7,11,15-16H2,1-3H3. The van der Waals surface area contributed by atoms with E-state index in [4.69, 9.17) is 9.47 Å². The summed E-state index contributed by atoms with van der Waals surface area (Å²) in [6.07, 6.45) is 3.73. The van der Waals surface area contributed by atoms with Crippen LogP contribution in [-0.4, -0.2) is 13.2 Å². The van der Waals surface area contributed by atoms with Gasteiger partial charge in [0.2, 0.25) is 0 Å². The normalized spacial score (nSPS) is 10.8. The van der Waals surface area contributed by atoms with Gasteiger partial charge in [-0.2, -0.15) is 0 Å². The molecule has 0 aliphatic carbocycles. The fourth-order valence-corrected chi connectivity index (χ4v) is 3.42. The lowest BCUT2D eigenvalue weighted by molar-refractivity contribution is 0.267. The summed E-state index contributed by atoms with van der Waals surface area (Å²) >= 11 is 3.66. The molecule has 2 aromatic rings. The molecule has 0 unspecified atom stereocenters. The van der Waals surface area contributed by atoms with E-state index in [9.17, 15) is 0 Å². The first-order valence-electron chi connectivity index (χ1n) is 9.48. The molecule has 0 aliphatic heterocycles. The minimum Gasteiger partial charge on any atom is -0.490 e. The van der Waals surface area contributed by atoms with Gasteiger partial charge >= 0.3 is 0 Å². The number of ether oxygens (including phenoxy) is 2. The minimum absolute atomic E-state index is 0.523. The van der Waals surface area contributed by atoms with E-state index in [2.05, 4.69) is 71.5 Å². The SMILES string of the molecule is CCCCCNCc1cc(Br)c(OCc2cccc(C)c2)c(OCC)c1. The molecule has 142 valence electrons. The molecule has 2 rings (SSSR count). The van der Waals surface area contributed by atoms with Crippen LogP contribution in [0.3, 0.4) is 0 Å². The van der Waals surface area contributed by atoms with Crippen LogP contribution in [0.4, 0.5) is 0 Å². The fraction of sp³-hybridized carbons (Fsp3) is 0.455. The lowest BCUT2D eigenvalue weighted by Gasteiger charge is -2.16. The van der Waals surface area contributed by atoms with Crippen LogP contribution in [0.25, 0.3) is 0 Å². The van der Waals surface area contributed by atoms with Gasteiger partial charge in [-0.1, -0.05) is 49.6 Å². The average Bonchev–Trinajstić information content (AvgIpc) is 2.61. The predicted molar refractivity (Wildman–Crippen MR) is 112 cm³/mol. The van der Waals surface area contributed by atoms with Gasteiger partial charge in [0.15, 0.2) is 11.5 Å². The number of rotatable bonds is 11. The zero-order valence-corrected chi connectivity index (χ0v) is 17.7. The highest BCUT2D eigenvalue weighted by atomic mass is 79.9. The Morgan fingerprint density at radius 3 is 2.58 bits per heavy atom. The van der Waals surface area contributed by atoms with Gasteiger partial charge in [0.25, 0.3) is 0 Å². The van der Waals surface area contributed by atoms with Crippen LogP contribution in [0.15, 0.2) is 40.9 Å². The molecule has 0 atom stereocenters. The van der Waals surface area contributed by atoms with Crippen molar-refractivity contribution < 1.29 is 9.47 Å². The fourth-order valence-electron chi connectivity index (χ4n) is 2.82. The van der Waals surface area contributed by atoms with Gasteiger partial charge < -0.3 is 14.8 Å². The average molecular weight is 420 g/mol. The van der Waals surface area contributed by atoms with Crippen LogP contribution < -0.4 is 14.8 Å². The van der Waals surface area contributed by atoms with Gasteiger partial charge in [-0.05, 0) is 66.0 Å². The second-order valence-electron chi connectivity index (χ2n) is 6.50. The van der Waals surface area contributed by atoms with Gasteiger partial charge in [0.05, 0.1) is 11.1 Å². The van der Waals surface area contributed by atoms with E-state index >= 15 is 0 Å². The van der Waals surface area contributed by atoms with Crippen molar-refractivity contribution in [3.05, 3.63) is 57.6 Å². The van der Waals surface area contributed by atoms with Gasteiger partial charge in [-0.25, -0.2) is 0 Å². The summed E-state index contributed by atoms with van der Waals surface area (Å²) in [5.41, 5.74) is 3.58. The van der Waals surface area contributed by atoms with Crippen molar-refractivity contribution in [3.8, 4) is 11.5 Å². The topological polar surface area (TPSA) is 30.5 Å². The van der Waals surface area contributed by atoms with Gasteiger partial charge in [0.1, 0.15) is 6.61 Å². The zero-order chi connectivity index (χ0) is 18.8. The first-order chi connectivity index (χ1) is 12.6. The van der Waals surface area contributed by atoms with E-state index in [-0.39, 0.29) is 0 Å². The van der Waals surface area contributed by atoms with E-state index in [1.165, 1.54) is 30.4 Å². The number of hydrogen-bond donors (Lipinski definition) is 1. The maximum Gasteiger partial charge on any atom is 0.175 e. The minimum atomic E-state index is 0.523. The van der Waals surface area contributed by atoms with Crippen LogP contribution in [0, 0.1) is 6.92 Å². The van der Waals surface area contributed by atoms with Crippen molar-refractivity contribution in [1.29, 1.82) is 0 Å². The van der Waals surface area contributed by atoms with Crippen molar-refractivity contribution in [2.75, 3.05) is 13.2 Å². The molecule has 0 heterocycles. The molecule has 0 radical (unpaired) electrons. The van der Waals surface area contributed by atoms with E-state index in [1.54, 1.807) is 0 Å². The summed E-state index contributed by atoms with van der Waals surface area (Å²) in [4.78, 5) is 0. The third-order valence-corrected chi connectivity index (χ3v) is 4.71. The molecule has 3 nitrogen and oxygen atoms in total. The molecule has 0 aliphatic rings. The van der Waals surface area contributed by atoms with E-state index < -0.39 is 0 Å². The summed E-state index contributed by atoms with van der Waals surface area (Å²) in [7, 11) is 0. The van der Waals surface area contributed by atoms with Gasteiger partial charge in [-0.15, -0.1) is 0 Å². The largest absolute Gasteiger partial charge is 0.490 e. The first-order valence-corrected chi connectivity index (χ1v) is 10.3. The Hall–Kier alpha value is -1.52. The number of hydrogen-bond acceptors (Lipinski definition) is 3. The van der Waals surface area contributed by atoms with Crippen molar-refractivity contribution in [3.63, 3.8) is 0 Å². The highest BCUT2D eigenvalue weighted by Crippen LogP contribution is 2.37. The highest BCUT2D eigenvalue weighted by Gasteiger charge is 2.12. The van der Waals surface area contributed by atoms with Crippen LogP contribution >= 0.6 is 15.9 Å². The van der Waals surface area contributed by atoms with Crippen LogP contribution in [0.2, 0.25) is 0 Å². The third kappa shape index (κ3) is 6.65. The Balaban J connectivity index is 2.05. The highest BCUT2D eigenvalue weighted by molar-refractivity contribution is 9.10. The van der Waals surface area contributed by atoms with Crippen LogP contribution in [0.1, 0.15) is 49.8 Å². The smallest absolute Gasteiger partial charge is 0.175 e. The van der Waals surface area contributed by atoms with Crippen molar-refractivity contribution in [2.45, 2.75) is 53.2 Å². The number of unbranched alkanes of at least 4 members (excludes halogenated alkanes) is 2. The molecule has 0 saturated carbocycles. The van der Waals surface area contributed by atoms with E-state index in [1.807, 2.05) is 6.92 Å². The number of benzene rings is 2. The molecule has 0 saturated heterocycles. The Bertz CT molecular complexity index is 688. The number of nitrogens with one attached hydrogen (secondary N) is 1. The lowest BCUT2D eigenvalue weighted by Crippen LogP contribution is -2.15. The summed E-state index contributed by atoms with van der Waals surface area (Å²) in [6, 6.07) is 12.6. The summed E-state index contributed by atoms with van der Waals surface area (Å²) in [5.74, 6) is 1.56. The monoisotopic (exact) mass is 419 g/mol. The third-order valence-electron chi connectivity index (χ3n) is 4.12. The van der Waals surface area contributed by atoms with E-state index in [0.29, 0.717) is 13.2 Å². The second-order valence-corrected chi connectivity index (χ2v) is 7.35. The summed E-state index contributed by atoms with van der Waals surface area (Å²) < 4.78 is 12.8. The molecule has 0 amide bonds. The zero-order valence-electron chi connectivity index (χ0n) is 16.1. The molecular weight excluding hydrogens is 390 g/mol. The Morgan fingerprint density at radius 1 is 1.00 bits per heavy atom. The van der Waals surface area contributed by atoms with Crippen molar-refractivity contribution in [1.82, 2.24) is 5.32 Å². The van der Waals surface area contributed by atoms with E-state index in [0.717, 1.165) is 34.6 Å². The maximum absolute atomic E-state index is 6.08. The van der Waals surface area contributed by atoms with Gasteiger partial charge in [-0.3, -0.25) is 0 Å². The summed E-state index contributed by atoms with van der Waals surface area (Å²) in [6.45, 7) is 9.32. The Labute approximate surface area is 166 Å². The maximum atomic E-state index is 6.08. The van der Waals surface area contributed by atoms with Crippen molar-refractivity contribution >= 4 is 15.9 Å². The first kappa shape index (κ1) is 20.8. The molecule has 4 heteroatoms. The molecule has 0 fully saturated rings. The molecule has 26 heavy (non-hydrogen) atoms. The van der Waals surface area contributed by atoms with Crippen LogP contribution in [0.5, 0.6) is 11.5 Å².